The monoisotopic (exact) mass is 174 g/mol. The van der Waals surface area contributed by atoms with Gasteiger partial charge >= 0.3 is 5.97 Å². The number of ether oxygens (including phenoxy) is 2. The fraction of sp³-hybridized carbons (Fsp3) is 0.889. The van der Waals surface area contributed by atoms with Gasteiger partial charge in [-0.2, -0.15) is 0 Å². The van der Waals surface area contributed by atoms with E-state index < -0.39 is 0 Å². The molecule has 0 aliphatic rings. The molecule has 0 aromatic heterocycles. The van der Waals surface area contributed by atoms with Gasteiger partial charge in [0.1, 0.15) is 0 Å². The van der Waals surface area contributed by atoms with E-state index >= 15 is 0 Å². The van der Waals surface area contributed by atoms with Gasteiger partial charge < -0.3 is 9.47 Å². The van der Waals surface area contributed by atoms with E-state index in [1.54, 1.807) is 0 Å². The lowest BCUT2D eigenvalue weighted by Crippen LogP contribution is -2.14. The highest BCUT2D eigenvalue weighted by Gasteiger charge is 2.05. The van der Waals surface area contributed by atoms with Gasteiger partial charge in [-0.05, 0) is 27.7 Å². The number of rotatable bonds is 5. The first kappa shape index (κ1) is 11.4. The summed E-state index contributed by atoms with van der Waals surface area (Å²) in [5, 5.41) is 0. The van der Waals surface area contributed by atoms with Crippen molar-refractivity contribution in [1.29, 1.82) is 0 Å². The van der Waals surface area contributed by atoms with Crippen LogP contribution in [0.5, 0.6) is 0 Å². The summed E-state index contributed by atoms with van der Waals surface area (Å²) < 4.78 is 10.1. The zero-order chi connectivity index (χ0) is 9.56. The minimum Gasteiger partial charge on any atom is -0.463 e. The second kappa shape index (κ2) is 6.00. The minimum absolute atomic E-state index is 0.0310. The Bertz CT molecular complexity index is 130. The molecule has 0 aliphatic heterocycles. The van der Waals surface area contributed by atoms with Gasteiger partial charge in [-0.1, -0.05) is 0 Å². The number of hydrogen-bond acceptors (Lipinski definition) is 3. The summed E-state index contributed by atoms with van der Waals surface area (Å²) in [5.74, 6) is -0.189. The molecule has 0 rings (SSSR count). The molecule has 0 amide bonds. The van der Waals surface area contributed by atoms with Crippen molar-refractivity contribution in [2.24, 2.45) is 0 Å². The number of carbonyl (C=O) groups is 1. The van der Waals surface area contributed by atoms with Crippen molar-refractivity contribution in [3.05, 3.63) is 0 Å². The number of carbonyl (C=O) groups excluding carboxylic acids is 1. The van der Waals surface area contributed by atoms with Crippen LogP contribution in [0.15, 0.2) is 0 Å². The van der Waals surface area contributed by atoms with E-state index in [0.29, 0.717) is 13.0 Å². The van der Waals surface area contributed by atoms with E-state index in [9.17, 15) is 4.79 Å². The van der Waals surface area contributed by atoms with E-state index in [-0.39, 0.29) is 18.2 Å². The van der Waals surface area contributed by atoms with Crippen LogP contribution in [0.1, 0.15) is 34.1 Å². The zero-order valence-electron chi connectivity index (χ0n) is 8.29. The molecule has 0 heterocycles. The molecular weight excluding hydrogens is 156 g/mol. The van der Waals surface area contributed by atoms with Gasteiger partial charge in [-0.15, -0.1) is 0 Å². The smallest absolute Gasteiger partial charge is 0.308 e. The minimum atomic E-state index is -0.189. The topological polar surface area (TPSA) is 35.5 Å². The van der Waals surface area contributed by atoms with Crippen molar-refractivity contribution in [2.45, 2.75) is 46.3 Å². The third-order valence-electron chi connectivity index (χ3n) is 1.12. The fourth-order valence-electron chi connectivity index (χ4n) is 0.700. The van der Waals surface area contributed by atoms with Gasteiger partial charge in [0.15, 0.2) is 0 Å². The van der Waals surface area contributed by atoms with Crippen LogP contribution in [0.25, 0.3) is 0 Å². The summed E-state index contributed by atoms with van der Waals surface area (Å²) in [6.07, 6.45) is 0.490. The van der Waals surface area contributed by atoms with Crippen molar-refractivity contribution >= 4 is 5.97 Å². The van der Waals surface area contributed by atoms with Crippen LogP contribution in [0.3, 0.4) is 0 Å². The Morgan fingerprint density at radius 3 is 2.17 bits per heavy atom. The van der Waals surface area contributed by atoms with Crippen LogP contribution >= 0.6 is 0 Å². The molecule has 0 atom stereocenters. The average molecular weight is 174 g/mol. The van der Waals surface area contributed by atoms with Crippen LogP contribution < -0.4 is 0 Å². The molecule has 0 N–H and O–H groups in total. The first-order valence-corrected chi connectivity index (χ1v) is 4.33. The average Bonchev–Trinajstić information content (AvgIpc) is 1.84. The standard InChI is InChI=1S/C9H18O3/c1-7(2)11-6-5-9(10)12-8(3)4/h7-8H,5-6H2,1-4H3. The highest BCUT2D eigenvalue weighted by atomic mass is 16.5. The maximum atomic E-state index is 10.9. The van der Waals surface area contributed by atoms with Crippen molar-refractivity contribution in [3.8, 4) is 0 Å². The first-order chi connectivity index (χ1) is 5.52. The normalized spacial score (nSPS) is 10.8. The quantitative estimate of drug-likeness (QED) is 0.596. The second-order valence-corrected chi connectivity index (χ2v) is 3.21. The molecule has 0 bridgehead atoms. The summed E-state index contributed by atoms with van der Waals surface area (Å²) in [6, 6.07) is 0. The van der Waals surface area contributed by atoms with Crippen LogP contribution in [0, 0.1) is 0 Å². The Balaban J connectivity index is 3.32. The fourth-order valence-corrected chi connectivity index (χ4v) is 0.700. The molecule has 0 saturated carbocycles. The Kier molecular flexibility index (Phi) is 5.72. The van der Waals surface area contributed by atoms with Gasteiger partial charge in [0.05, 0.1) is 25.2 Å². The Hall–Kier alpha value is -0.570. The van der Waals surface area contributed by atoms with Gasteiger partial charge in [0, 0.05) is 0 Å². The molecular formula is C9H18O3. The van der Waals surface area contributed by atoms with E-state index in [1.807, 2.05) is 27.7 Å². The molecule has 0 aromatic carbocycles. The summed E-state index contributed by atoms with van der Waals surface area (Å²) in [6.45, 7) is 7.99. The van der Waals surface area contributed by atoms with Crippen LogP contribution in [-0.2, 0) is 14.3 Å². The van der Waals surface area contributed by atoms with Gasteiger partial charge in [0.25, 0.3) is 0 Å². The van der Waals surface area contributed by atoms with E-state index in [0.717, 1.165) is 0 Å². The van der Waals surface area contributed by atoms with Crippen LogP contribution in [0.2, 0.25) is 0 Å². The number of esters is 1. The van der Waals surface area contributed by atoms with Crippen LogP contribution in [0.4, 0.5) is 0 Å². The Morgan fingerprint density at radius 2 is 1.75 bits per heavy atom. The van der Waals surface area contributed by atoms with Crippen molar-refractivity contribution < 1.29 is 14.3 Å². The largest absolute Gasteiger partial charge is 0.463 e. The molecule has 0 fully saturated rings. The molecule has 12 heavy (non-hydrogen) atoms. The van der Waals surface area contributed by atoms with Crippen molar-refractivity contribution in [3.63, 3.8) is 0 Å². The highest BCUT2D eigenvalue weighted by molar-refractivity contribution is 5.69. The summed E-state index contributed by atoms with van der Waals surface area (Å²) in [5.41, 5.74) is 0. The molecule has 3 heteroatoms. The molecule has 0 saturated heterocycles. The maximum absolute atomic E-state index is 10.9. The molecule has 72 valence electrons. The van der Waals surface area contributed by atoms with Gasteiger partial charge in [0.2, 0.25) is 0 Å². The molecule has 0 aliphatic carbocycles. The molecule has 0 spiro atoms. The molecule has 0 unspecified atom stereocenters. The predicted molar refractivity (Wildman–Crippen MR) is 46.9 cm³/mol. The summed E-state index contributed by atoms with van der Waals surface area (Å²) >= 11 is 0. The van der Waals surface area contributed by atoms with E-state index in [2.05, 4.69) is 0 Å². The van der Waals surface area contributed by atoms with Gasteiger partial charge in [-0.3, -0.25) is 4.79 Å². The van der Waals surface area contributed by atoms with Crippen molar-refractivity contribution in [1.82, 2.24) is 0 Å². The SMILES string of the molecule is CC(C)OCCC(=O)OC(C)C. The molecule has 0 radical (unpaired) electrons. The van der Waals surface area contributed by atoms with Crippen molar-refractivity contribution in [2.75, 3.05) is 6.61 Å². The molecule has 3 nitrogen and oxygen atoms in total. The lowest BCUT2D eigenvalue weighted by atomic mass is 10.4. The van der Waals surface area contributed by atoms with E-state index in [1.165, 1.54) is 0 Å². The predicted octanol–water partition coefficient (Wildman–Crippen LogP) is 1.75. The Labute approximate surface area is 74.0 Å². The second-order valence-electron chi connectivity index (χ2n) is 3.21. The van der Waals surface area contributed by atoms with E-state index in [4.69, 9.17) is 9.47 Å². The third kappa shape index (κ3) is 7.54. The number of hydrogen-bond donors (Lipinski definition) is 0. The summed E-state index contributed by atoms with van der Waals surface area (Å²) in [7, 11) is 0. The first-order valence-electron chi connectivity index (χ1n) is 4.33. The Morgan fingerprint density at radius 1 is 1.17 bits per heavy atom. The molecule has 0 aromatic rings. The lowest BCUT2D eigenvalue weighted by molar-refractivity contribution is -0.148. The summed E-state index contributed by atoms with van der Waals surface area (Å²) in [4.78, 5) is 10.9. The maximum Gasteiger partial charge on any atom is 0.308 e. The zero-order valence-corrected chi connectivity index (χ0v) is 8.29. The van der Waals surface area contributed by atoms with Gasteiger partial charge in [-0.25, -0.2) is 0 Å². The lowest BCUT2D eigenvalue weighted by Gasteiger charge is -2.09. The van der Waals surface area contributed by atoms with Crippen LogP contribution in [-0.4, -0.2) is 24.8 Å². The third-order valence-corrected chi connectivity index (χ3v) is 1.12. The highest BCUT2D eigenvalue weighted by Crippen LogP contribution is 1.95.